The number of aromatic hydroxyl groups is 2. The van der Waals surface area contributed by atoms with Crippen LogP contribution in [0.3, 0.4) is 0 Å². The molecule has 0 fully saturated rings. The Morgan fingerprint density at radius 2 is 1.50 bits per heavy atom. The molecule has 0 aliphatic heterocycles. The third-order valence-electron chi connectivity index (χ3n) is 3.27. The number of halogens is 1. The van der Waals surface area contributed by atoms with Gasteiger partial charge in [0.25, 0.3) is 0 Å². The number of hydrogen-bond acceptors (Lipinski definition) is 3. The monoisotopic (exact) mass is 291 g/mol. The van der Waals surface area contributed by atoms with Crippen molar-refractivity contribution in [1.29, 1.82) is 0 Å². The van der Waals surface area contributed by atoms with Crippen molar-refractivity contribution in [2.45, 2.75) is 25.9 Å². The van der Waals surface area contributed by atoms with Crippen LogP contribution in [0.4, 0.5) is 0 Å². The van der Waals surface area contributed by atoms with Crippen molar-refractivity contribution in [1.82, 2.24) is 5.32 Å². The zero-order valence-corrected chi connectivity index (χ0v) is 12.2. The molecule has 0 saturated heterocycles. The van der Waals surface area contributed by atoms with E-state index in [0.717, 1.165) is 11.1 Å². The Morgan fingerprint density at radius 3 is 2.10 bits per heavy atom. The molecule has 2 rings (SSSR count). The quantitative estimate of drug-likeness (QED) is 0.793. The Hall–Kier alpha value is -1.71. The van der Waals surface area contributed by atoms with Crippen molar-refractivity contribution in [3.05, 3.63) is 58.6 Å². The van der Waals surface area contributed by atoms with Crippen molar-refractivity contribution in [3.63, 3.8) is 0 Å². The summed E-state index contributed by atoms with van der Waals surface area (Å²) in [6, 6.07) is 12.4. The molecule has 0 radical (unpaired) electrons. The van der Waals surface area contributed by atoms with Crippen molar-refractivity contribution in [2.75, 3.05) is 0 Å². The highest BCUT2D eigenvalue weighted by atomic mass is 35.5. The van der Waals surface area contributed by atoms with Gasteiger partial charge in [-0.25, -0.2) is 0 Å². The summed E-state index contributed by atoms with van der Waals surface area (Å²) >= 11 is 5.99. The normalized spacial score (nSPS) is 13.9. The predicted molar refractivity (Wildman–Crippen MR) is 81.2 cm³/mol. The summed E-state index contributed by atoms with van der Waals surface area (Å²) in [6.45, 7) is 4.03. The molecular weight excluding hydrogens is 274 g/mol. The fraction of sp³-hybridized carbons (Fsp3) is 0.250. The largest absolute Gasteiger partial charge is 0.508 e. The number of rotatable bonds is 4. The molecule has 0 spiro atoms. The molecule has 3 nitrogen and oxygen atoms in total. The van der Waals surface area contributed by atoms with Crippen molar-refractivity contribution in [2.24, 2.45) is 0 Å². The van der Waals surface area contributed by atoms with E-state index in [0.29, 0.717) is 5.02 Å². The van der Waals surface area contributed by atoms with E-state index in [1.165, 1.54) is 6.07 Å². The maximum Gasteiger partial charge on any atom is 0.119 e. The van der Waals surface area contributed by atoms with E-state index in [9.17, 15) is 10.2 Å². The Morgan fingerprint density at radius 1 is 0.900 bits per heavy atom. The Balaban J connectivity index is 2.12. The Kier molecular flexibility index (Phi) is 4.53. The summed E-state index contributed by atoms with van der Waals surface area (Å²) in [6.07, 6.45) is 0. The van der Waals surface area contributed by atoms with Crippen LogP contribution in [0.2, 0.25) is 5.02 Å². The van der Waals surface area contributed by atoms with E-state index in [-0.39, 0.29) is 23.6 Å². The molecule has 0 saturated carbocycles. The minimum absolute atomic E-state index is 0.0121. The van der Waals surface area contributed by atoms with Gasteiger partial charge in [0.15, 0.2) is 0 Å². The van der Waals surface area contributed by atoms with E-state index in [2.05, 4.69) is 5.32 Å². The van der Waals surface area contributed by atoms with Crippen LogP contribution >= 0.6 is 11.6 Å². The molecule has 2 aromatic rings. The highest BCUT2D eigenvalue weighted by molar-refractivity contribution is 6.30. The van der Waals surface area contributed by atoms with Gasteiger partial charge in [-0.1, -0.05) is 23.7 Å². The summed E-state index contributed by atoms with van der Waals surface area (Å²) in [5.41, 5.74) is 1.92. The first-order valence-electron chi connectivity index (χ1n) is 6.50. The lowest BCUT2D eigenvalue weighted by Gasteiger charge is -2.21. The number of nitrogens with one attached hydrogen (secondary N) is 1. The van der Waals surface area contributed by atoms with Crippen LogP contribution in [0.5, 0.6) is 11.5 Å². The summed E-state index contributed by atoms with van der Waals surface area (Å²) in [5.74, 6) is 0.119. The summed E-state index contributed by atoms with van der Waals surface area (Å²) in [5, 5.41) is 23.2. The molecule has 4 heteroatoms. The zero-order valence-electron chi connectivity index (χ0n) is 11.5. The zero-order chi connectivity index (χ0) is 14.7. The van der Waals surface area contributed by atoms with Crippen LogP contribution in [-0.4, -0.2) is 10.2 Å². The second-order valence-electron chi connectivity index (χ2n) is 4.95. The predicted octanol–water partition coefficient (Wildman–Crippen LogP) is 4.16. The van der Waals surface area contributed by atoms with Crippen LogP contribution in [0, 0.1) is 0 Å². The number of phenolic OH excluding ortho intramolecular Hbond substituents is 2. The lowest BCUT2D eigenvalue weighted by molar-refractivity contribution is 0.442. The summed E-state index contributed by atoms with van der Waals surface area (Å²) in [4.78, 5) is 0. The average Bonchev–Trinajstić information content (AvgIpc) is 2.37. The second-order valence-corrected chi connectivity index (χ2v) is 5.38. The average molecular weight is 292 g/mol. The van der Waals surface area contributed by atoms with Crippen LogP contribution in [-0.2, 0) is 0 Å². The molecule has 1 unspecified atom stereocenters. The van der Waals surface area contributed by atoms with E-state index in [1.807, 2.05) is 38.1 Å². The number of phenols is 2. The molecule has 0 heterocycles. The summed E-state index contributed by atoms with van der Waals surface area (Å²) in [7, 11) is 0. The first-order valence-corrected chi connectivity index (χ1v) is 6.88. The first kappa shape index (κ1) is 14.7. The highest BCUT2D eigenvalue weighted by Gasteiger charge is 2.12. The van der Waals surface area contributed by atoms with Gasteiger partial charge in [0.05, 0.1) is 0 Å². The molecule has 0 amide bonds. The fourth-order valence-corrected chi connectivity index (χ4v) is 2.41. The number of benzene rings is 2. The minimum atomic E-state index is -0.0121. The molecule has 3 N–H and O–H groups in total. The van der Waals surface area contributed by atoms with Gasteiger partial charge in [0.1, 0.15) is 11.5 Å². The minimum Gasteiger partial charge on any atom is -0.508 e. The molecule has 0 aliphatic carbocycles. The maximum atomic E-state index is 9.53. The molecule has 2 atom stereocenters. The van der Waals surface area contributed by atoms with Gasteiger partial charge in [-0.2, -0.15) is 0 Å². The third kappa shape index (κ3) is 3.65. The number of hydrogen-bond donors (Lipinski definition) is 3. The van der Waals surface area contributed by atoms with E-state index in [4.69, 9.17) is 11.6 Å². The van der Waals surface area contributed by atoms with Gasteiger partial charge in [0.2, 0.25) is 0 Å². The highest BCUT2D eigenvalue weighted by Crippen LogP contribution is 2.27. The van der Waals surface area contributed by atoms with Gasteiger partial charge in [-0.15, -0.1) is 0 Å². The second kappa shape index (κ2) is 6.16. The van der Waals surface area contributed by atoms with Crippen LogP contribution in [0.1, 0.15) is 37.1 Å². The molecule has 20 heavy (non-hydrogen) atoms. The van der Waals surface area contributed by atoms with Gasteiger partial charge < -0.3 is 15.5 Å². The molecule has 106 valence electrons. The van der Waals surface area contributed by atoms with Gasteiger partial charge in [-0.05, 0) is 49.2 Å². The maximum absolute atomic E-state index is 9.53. The lowest BCUT2D eigenvalue weighted by atomic mass is 10.0. The van der Waals surface area contributed by atoms with Crippen LogP contribution < -0.4 is 5.32 Å². The topological polar surface area (TPSA) is 52.5 Å². The Bertz CT molecular complexity index is 581. The summed E-state index contributed by atoms with van der Waals surface area (Å²) < 4.78 is 0. The fourth-order valence-electron chi connectivity index (χ4n) is 2.21. The molecular formula is C16H18ClNO2. The molecule has 0 aromatic heterocycles. The third-order valence-corrected chi connectivity index (χ3v) is 3.51. The van der Waals surface area contributed by atoms with Gasteiger partial charge in [-0.3, -0.25) is 0 Å². The van der Waals surface area contributed by atoms with Crippen LogP contribution in [0.25, 0.3) is 0 Å². The molecule has 0 aliphatic rings. The van der Waals surface area contributed by atoms with Crippen LogP contribution in [0.15, 0.2) is 42.5 Å². The Labute approximate surface area is 123 Å². The first-order chi connectivity index (χ1) is 9.45. The van der Waals surface area contributed by atoms with E-state index < -0.39 is 0 Å². The van der Waals surface area contributed by atoms with E-state index >= 15 is 0 Å². The van der Waals surface area contributed by atoms with Gasteiger partial charge >= 0.3 is 0 Å². The SMILES string of the molecule is CC(N[C@@H](C)c1cccc(Cl)c1)c1cc(O)cc(O)c1. The smallest absolute Gasteiger partial charge is 0.119 e. The van der Waals surface area contributed by atoms with Crippen molar-refractivity contribution in [3.8, 4) is 11.5 Å². The standard InChI is InChI=1S/C16H18ClNO2/c1-10(12-4-3-5-14(17)6-12)18-11(2)13-7-15(19)9-16(20)8-13/h3-11,18-20H,1-2H3/t10-,11?/m0/s1. The van der Waals surface area contributed by atoms with E-state index in [1.54, 1.807) is 12.1 Å². The molecule has 2 aromatic carbocycles. The van der Waals surface area contributed by atoms with Crippen molar-refractivity contribution >= 4 is 11.6 Å². The molecule has 0 bridgehead atoms. The van der Waals surface area contributed by atoms with Gasteiger partial charge in [0, 0.05) is 23.2 Å². The lowest BCUT2D eigenvalue weighted by Crippen LogP contribution is -2.22. The van der Waals surface area contributed by atoms with Crippen molar-refractivity contribution < 1.29 is 10.2 Å².